The Morgan fingerprint density at radius 1 is 1.19 bits per heavy atom. The van der Waals surface area contributed by atoms with Crippen LogP contribution >= 0.6 is 0 Å². The third-order valence-electron chi connectivity index (χ3n) is 5.23. The molecule has 2 unspecified atom stereocenters. The van der Waals surface area contributed by atoms with Crippen LogP contribution in [0, 0.1) is 18.8 Å². The Labute approximate surface area is 154 Å². The topological polar surface area (TPSA) is 66.9 Å². The summed E-state index contributed by atoms with van der Waals surface area (Å²) >= 11 is 0. The lowest BCUT2D eigenvalue weighted by Crippen LogP contribution is -2.45. The number of anilines is 1. The third kappa shape index (κ3) is 3.74. The first kappa shape index (κ1) is 18.4. The maximum Gasteiger partial charge on any atom is 0.310 e. The minimum absolute atomic E-state index is 0.0170. The Bertz CT molecular complexity index is 703. The van der Waals surface area contributed by atoms with Gasteiger partial charge in [-0.2, -0.15) is 0 Å². The summed E-state index contributed by atoms with van der Waals surface area (Å²) in [4.78, 5) is 40.8. The Morgan fingerprint density at radius 3 is 2.69 bits per heavy atom. The van der Waals surface area contributed by atoms with E-state index in [0.717, 1.165) is 24.1 Å². The van der Waals surface area contributed by atoms with E-state index in [1.807, 2.05) is 31.2 Å². The fraction of sp³-hybridized carbons (Fsp3) is 0.550. The van der Waals surface area contributed by atoms with Crippen molar-refractivity contribution in [2.45, 2.75) is 33.1 Å². The van der Waals surface area contributed by atoms with Gasteiger partial charge in [-0.3, -0.25) is 14.4 Å². The number of piperidine rings is 1. The number of hydrogen-bond acceptors (Lipinski definition) is 4. The van der Waals surface area contributed by atoms with E-state index < -0.39 is 0 Å². The van der Waals surface area contributed by atoms with Gasteiger partial charge in [0.25, 0.3) is 0 Å². The van der Waals surface area contributed by atoms with E-state index in [0.29, 0.717) is 26.2 Å². The van der Waals surface area contributed by atoms with Crippen molar-refractivity contribution in [3.63, 3.8) is 0 Å². The van der Waals surface area contributed by atoms with Crippen LogP contribution in [0.1, 0.15) is 31.7 Å². The maximum absolute atomic E-state index is 12.9. The minimum Gasteiger partial charge on any atom is -0.466 e. The molecule has 2 fully saturated rings. The first-order valence-electron chi connectivity index (χ1n) is 9.32. The molecule has 0 saturated carbocycles. The number of benzene rings is 1. The number of likely N-dealkylation sites (tertiary alicyclic amines) is 1. The van der Waals surface area contributed by atoms with Crippen LogP contribution in [0.2, 0.25) is 0 Å². The molecule has 0 spiro atoms. The van der Waals surface area contributed by atoms with Crippen molar-refractivity contribution < 1.29 is 19.1 Å². The number of aryl methyl sites for hydroxylation is 1. The predicted octanol–water partition coefficient (Wildman–Crippen LogP) is 2.15. The van der Waals surface area contributed by atoms with Crippen molar-refractivity contribution in [3.8, 4) is 0 Å². The lowest BCUT2D eigenvalue weighted by molar-refractivity contribution is -0.152. The Hall–Kier alpha value is -2.37. The van der Waals surface area contributed by atoms with Gasteiger partial charge in [0, 0.05) is 31.7 Å². The summed E-state index contributed by atoms with van der Waals surface area (Å²) in [6.45, 7) is 5.55. The normalized spacial score (nSPS) is 23.2. The molecule has 0 bridgehead atoms. The standard InChI is InChI=1S/C20H26N2O4/c1-3-26-20(25)15-8-6-10-21(12-15)19(24)16-11-18(23)22(13-16)17-9-5-4-7-14(17)2/h4-5,7,9,15-16H,3,6,8,10-13H2,1-2H3. The van der Waals surface area contributed by atoms with Gasteiger partial charge in [0.2, 0.25) is 11.8 Å². The molecule has 0 N–H and O–H groups in total. The van der Waals surface area contributed by atoms with Gasteiger partial charge in [0.15, 0.2) is 0 Å². The second-order valence-corrected chi connectivity index (χ2v) is 7.07. The summed E-state index contributed by atoms with van der Waals surface area (Å²) in [5, 5.41) is 0. The first-order valence-corrected chi connectivity index (χ1v) is 9.32. The molecule has 0 aliphatic carbocycles. The number of amides is 2. The zero-order chi connectivity index (χ0) is 18.7. The summed E-state index contributed by atoms with van der Waals surface area (Å²) in [5.41, 5.74) is 1.89. The van der Waals surface area contributed by atoms with Crippen LogP contribution in [0.3, 0.4) is 0 Å². The minimum atomic E-state index is -0.344. The molecule has 2 aliphatic rings. The Kier molecular flexibility index (Phi) is 5.59. The number of rotatable bonds is 4. The molecule has 2 amide bonds. The molecular formula is C20H26N2O4. The highest BCUT2D eigenvalue weighted by Crippen LogP contribution is 2.30. The highest BCUT2D eigenvalue weighted by molar-refractivity contribution is 6.00. The van der Waals surface area contributed by atoms with E-state index in [1.54, 1.807) is 16.7 Å². The van der Waals surface area contributed by atoms with E-state index in [2.05, 4.69) is 0 Å². The van der Waals surface area contributed by atoms with Gasteiger partial charge in [-0.1, -0.05) is 18.2 Å². The van der Waals surface area contributed by atoms with Crippen LogP contribution in [0.5, 0.6) is 0 Å². The van der Waals surface area contributed by atoms with Gasteiger partial charge >= 0.3 is 5.97 Å². The quantitative estimate of drug-likeness (QED) is 0.774. The van der Waals surface area contributed by atoms with Crippen LogP contribution in [0.4, 0.5) is 5.69 Å². The van der Waals surface area contributed by atoms with Crippen molar-refractivity contribution >= 4 is 23.5 Å². The smallest absolute Gasteiger partial charge is 0.310 e. The van der Waals surface area contributed by atoms with Crippen LogP contribution in [0.15, 0.2) is 24.3 Å². The van der Waals surface area contributed by atoms with Gasteiger partial charge in [-0.05, 0) is 38.3 Å². The number of hydrogen-bond donors (Lipinski definition) is 0. The van der Waals surface area contributed by atoms with Crippen molar-refractivity contribution in [2.75, 3.05) is 31.1 Å². The Balaban J connectivity index is 1.66. The SMILES string of the molecule is CCOC(=O)C1CCCN(C(=O)C2CC(=O)N(c3ccccc3C)C2)C1. The third-order valence-corrected chi connectivity index (χ3v) is 5.23. The molecule has 6 nitrogen and oxygen atoms in total. The molecule has 1 aromatic carbocycles. The van der Waals surface area contributed by atoms with Crippen LogP contribution in [-0.2, 0) is 19.1 Å². The molecule has 140 valence electrons. The molecule has 3 rings (SSSR count). The van der Waals surface area contributed by atoms with Crippen molar-refractivity contribution in [1.82, 2.24) is 4.90 Å². The fourth-order valence-corrected chi connectivity index (χ4v) is 3.86. The predicted molar refractivity (Wildman–Crippen MR) is 97.6 cm³/mol. The zero-order valence-corrected chi connectivity index (χ0v) is 15.4. The molecule has 2 atom stereocenters. The monoisotopic (exact) mass is 358 g/mol. The number of carbonyl (C=O) groups is 3. The maximum atomic E-state index is 12.9. The van der Waals surface area contributed by atoms with Gasteiger partial charge < -0.3 is 14.5 Å². The van der Waals surface area contributed by atoms with E-state index in [9.17, 15) is 14.4 Å². The van der Waals surface area contributed by atoms with E-state index >= 15 is 0 Å². The number of carbonyl (C=O) groups excluding carboxylic acids is 3. The van der Waals surface area contributed by atoms with Crippen LogP contribution in [0.25, 0.3) is 0 Å². The number of para-hydroxylation sites is 1. The highest BCUT2D eigenvalue weighted by Gasteiger charge is 2.39. The average Bonchev–Trinajstić information content (AvgIpc) is 3.03. The highest BCUT2D eigenvalue weighted by atomic mass is 16.5. The van der Waals surface area contributed by atoms with Gasteiger partial charge in [0.1, 0.15) is 0 Å². The second kappa shape index (κ2) is 7.89. The molecular weight excluding hydrogens is 332 g/mol. The van der Waals surface area contributed by atoms with E-state index in [1.165, 1.54) is 0 Å². The molecule has 6 heteroatoms. The lowest BCUT2D eigenvalue weighted by Gasteiger charge is -2.33. The molecule has 2 saturated heterocycles. The summed E-state index contributed by atoms with van der Waals surface area (Å²) in [6.07, 6.45) is 1.77. The number of nitrogens with zero attached hydrogens (tertiary/aromatic N) is 2. The van der Waals surface area contributed by atoms with Crippen LogP contribution < -0.4 is 4.90 Å². The first-order chi connectivity index (χ1) is 12.5. The lowest BCUT2D eigenvalue weighted by atomic mass is 9.96. The average molecular weight is 358 g/mol. The van der Waals surface area contributed by atoms with Gasteiger partial charge in [0.05, 0.1) is 18.4 Å². The molecule has 2 aliphatic heterocycles. The molecule has 0 aromatic heterocycles. The summed E-state index contributed by atoms with van der Waals surface area (Å²) in [6, 6.07) is 7.72. The molecule has 2 heterocycles. The largest absolute Gasteiger partial charge is 0.466 e. The summed E-state index contributed by atoms with van der Waals surface area (Å²) in [5.74, 6) is -0.866. The van der Waals surface area contributed by atoms with Gasteiger partial charge in [-0.25, -0.2) is 0 Å². The fourth-order valence-electron chi connectivity index (χ4n) is 3.86. The van der Waals surface area contributed by atoms with Gasteiger partial charge in [-0.15, -0.1) is 0 Å². The molecule has 26 heavy (non-hydrogen) atoms. The summed E-state index contributed by atoms with van der Waals surface area (Å²) < 4.78 is 5.10. The van der Waals surface area contributed by atoms with E-state index in [-0.39, 0.29) is 36.0 Å². The number of esters is 1. The Morgan fingerprint density at radius 2 is 1.96 bits per heavy atom. The van der Waals surface area contributed by atoms with Crippen molar-refractivity contribution in [2.24, 2.45) is 11.8 Å². The molecule has 0 radical (unpaired) electrons. The van der Waals surface area contributed by atoms with Crippen molar-refractivity contribution in [3.05, 3.63) is 29.8 Å². The molecule has 1 aromatic rings. The van der Waals surface area contributed by atoms with Crippen molar-refractivity contribution in [1.29, 1.82) is 0 Å². The zero-order valence-electron chi connectivity index (χ0n) is 15.4. The second-order valence-electron chi connectivity index (χ2n) is 7.07. The summed E-state index contributed by atoms with van der Waals surface area (Å²) in [7, 11) is 0. The number of ether oxygens (including phenoxy) is 1. The van der Waals surface area contributed by atoms with Crippen LogP contribution in [-0.4, -0.2) is 48.9 Å². The van der Waals surface area contributed by atoms with E-state index in [4.69, 9.17) is 4.74 Å².